The average Bonchev–Trinajstić information content (AvgIpc) is 2.51. The van der Waals surface area contributed by atoms with Crippen LogP contribution in [0.15, 0.2) is 0 Å². The molecule has 4 N–H and O–H groups in total. The number of nitrogens with two attached hydrogens (primary N) is 1. The van der Waals surface area contributed by atoms with E-state index in [1.807, 2.05) is 4.90 Å². The molecule has 0 aliphatic carbocycles. The summed E-state index contributed by atoms with van der Waals surface area (Å²) < 4.78 is 0. The molecule has 0 unspecified atom stereocenters. The monoisotopic (exact) mass is 338 g/mol. The zero-order valence-corrected chi connectivity index (χ0v) is 14.7. The Morgan fingerprint density at radius 1 is 1.38 bits per heavy atom. The second-order valence-corrected chi connectivity index (χ2v) is 6.77. The molecule has 0 amide bonds. The van der Waals surface area contributed by atoms with Crippen molar-refractivity contribution in [1.82, 2.24) is 9.97 Å². The molecule has 1 fully saturated rings. The van der Waals surface area contributed by atoms with Crippen LogP contribution in [0.3, 0.4) is 0 Å². The summed E-state index contributed by atoms with van der Waals surface area (Å²) in [6, 6.07) is 0. The van der Waals surface area contributed by atoms with Crippen LogP contribution in [-0.2, 0) is 0 Å². The zero-order valence-electron chi connectivity index (χ0n) is 14.7. The number of nitrogens with zero attached hydrogens (tertiary/aromatic N) is 4. The Morgan fingerprint density at radius 2 is 2.04 bits per heavy atom. The number of nitrogens with one attached hydrogen (secondary N) is 2. The molecule has 2 heterocycles. The highest BCUT2D eigenvalue weighted by Gasteiger charge is 2.29. The van der Waals surface area contributed by atoms with Crippen LogP contribution in [-0.4, -0.2) is 55.2 Å². The molecule has 1 aromatic heterocycles. The number of anilines is 3. The topological polar surface area (TPSA) is 115 Å². The van der Waals surface area contributed by atoms with Crippen LogP contribution >= 0.6 is 0 Å². The first kappa shape index (κ1) is 18.2. The number of quaternary nitrogens is 1. The Hall–Kier alpha value is -2.16. The molecule has 9 nitrogen and oxygen atoms in total. The Kier molecular flexibility index (Phi) is 6.13. The summed E-state index contributed by atoms with van der Waals surface area (Å²) in [7, 11) is 4.19. The predicted molar refractivity (Wildman–Crippen MR) is 94.5 cm³/mol. The Labute approximate surface area is 142 Å². The van der Waals surface area contributed by atoms with E-state index in [2.05, 4.69) is 36.3 Å². The lowest BCUT2D eigenvalue weighted by molar-refractivity contribution is -0.858. The summed E-state index contributed by atoms with van der Waals surface area (Å²) in [4.78, 5) is 22.7. The molecule has 1 aromatic rings. The van der Waals surface area contributed by atoms with Crippen molar-refractivity contribution in [2.24, 2.45) is 5.92 Å². The van der Waals surface area contributed by atoms with E-state index in [4.69, 9.17) is 5.73 Å². The van der Waals surface area contributed by atoms with Crippen molar-refractivity contribution in [1.29, 1.82) is 0 Å². The van der Waals surface area contributed by atoms with Crippen LogP contribution in [0.4, 0.5) is 23.3 Å². The van der Waals surface area contributed by atoms with E-state index in [1.54, 1.807) is 0 Å². The molecule has 2 rings (SSSR count). The van der Waals surface area contributed by atoms with E-state index in [0.717, 1.165) is 38.9 Å². The number of rotatable bonds is 7. The van der Waals surface area contributed by atoms with Crippen molar-refractivity contribution in [2.75, 3.05) is 56.2 Å². The summed E-state index contributed by atoms with van der Waals surface area (Å²) in [5.41, 5.74) is 5.66. The largest absolute Gasteiger partial charge is 0.378 e. The fourth-order valence-corrected chi connectivity index (χ4v) is 2.80. The molecule has 0 radical (unpaired) electrons. The number of hydrogen-bond acceptors (Lipinski definition) is 7. The van der Waals surface area contributed by atoms with Crippen molar-refractivity contribution in [2.45, 2.75) is 26.2 Å². The van der Waals surface area contributed by atoms with Crippen molar-refractivity contribution >= 4 is 23.3 Å². The van der Waals surface area contributed by atoms with Gasteiger partial charge in [-0.2, -0.15) is 9.97 Å². The molecular formula is C15H28N7O2+. The van der Waals surface area contributed by atoms with Crippen LogP contribution in [0.2, 0.25) is 0 Å². The minimum atomic E-state index is -0.484. The van der Waals surface area contributed by atoms with E-state index >= 15 is 0 Å². The Morgan fingerprint density at radius 3 is 2.62 bits per heavy atom. The average molecular weight is 338 g/mol. The first-order chi connectivity index (χ1) is 11.4. The Bertz CT molecular complexity index is 571. The van der Waals surface area contributed by atoms with Gasteiger partial charge >= 0.3 is 5.69 Å². The molecule has 9 heteroatoms. The first-order valence-corrected chi connectivity index (χ1v) is 8.48. The number of nitrogen functional groups attached to an aromatic ring is 1. The molecule has 0 aromatic carbocycles. The van der Waals surface area contributed by atoms with E-state index in [0.29, 0.717) is 24.2 Å². The predicted octanol–water partition coefficient (Wildman–Crippen LogP) is 0.150. The minimum Gasteiger partial charge on any atom is -0.378 e. The fourth-order valence-electron chi connectivity index (χ4n) is 2.80. The summed E-state index contributed by atoms with van der Waals surface area (Å²) in [6.45, 7) is 5.43. The lowest BCUT2D eigenvalue weighted by Gasteiger charge is -2.31. The third kappa shape index (κ3) is 4.67. The SMILES string of the molecule is CC1CCN(c2nc(NCCC[NH+](C)C)nc(N)c2[N+](=O)[O-])CC1. The van der Waals surface area contributed by atoms with Gasteiger partial charge in [-0.15, -0.1) is 0 Å². The third-order valence-corrected chi connectivity index (χ3v) is 4.29. The van der Waals surface area contributed by atoms with E-state index in [1.165, 1.54) is 4.90 Å². The van der Waals surface area contributed by atoms with Crippen LogP contribution in [0, 0.1) is 16.0 Å². The van der Waals surface area contributed by atoms with Gasteiger partial charge in [-0.25, -0.2) is 0 Å². The number of hydrogen-bond donors (Lipinski definition) is 3. The van der Waals surface area contributed by atoms with E-state index in [9.17, 15) is 10.1 Å². The maximum absolute atomic E-state index is 11.4. The normalized spacial score (nSPS) is 15.8. The van der Waals surface area contributed by atoms with Gasteiger partial charge in [-0.1, -0.05) is 6.92 Å². The molecule has 0 spiro atoms. The second kappa shape index (κ2) is 8.09. The maximum atomic E-state index is 11.4. The highest BCUT2D eigenvalue weighted by molar-refractivity contribution is 5.71. The molecule has 0 saturated carbocycles. The van der Waals surface area contributed by atoms with Crippen LogP contribution < -0.4 is 20.9 Å². The van der Waals surface area contributed by atoms with Gasteiger partial charge in [0.05, 0.1) is 25.6 Å². The van der Waals surface area contributed by atoms with E-state index < -0.39 is 4.92 Å². The van der Waals surface area contributed by atoms with Crippen molar-refractivity contribution in [3.63, 3.8) is 0 Å². The standard InChI is InChI=1S/C15H27N7O2/c1-11-5-9-21(10-6-11)14-12(22(23)24)13(16)18-15(19-14)17-7-4-8-20(2)3/h11H,4-10H2,1-3H3,(H3,16,17,18,19)/p+1. The maximum Gasteiger partial charge on any atom is 0.353 e. The molecule has 134 valence electrons. The molecule has 0 bridgehead atoms. The fraction of sp³-hybridized carbons (Fsp3) is 0.733. The quantitative estimate of drug-likeness (QED) is 0.368. The van der Waals surface area contributed by atoms with Gasteiger partial charge in [0.25, 0.3) is 0 Å². The summed E-state index contributed by atoms with van der Waals surface area (Å²) in [5.74, 6) is 1.25. The van der Waals surface area contributed by atoms with Crippen LogP contribution in [0.1, 0.15) is 26.2 Å². The smallest absolute Gasteiger partial charge is 0.353 e. The number of aromatic nitrogens is 2. The van der Waals surface area contributed by atoms with Crippen LogP contribution in [0.5, 0.6) is 0 Å². The molecule has 1 aliphatic rings. The summed E-state index contributed by atoms with van der Waals surface area (Å²) in [5, 5.41) is 14.5. The molecule has 1 aliphatic heterocycles. The van der Waals surface area contributed by atoms with Gasteiger partial charge in [-0.3, -0.25) is 10.1 Å². The lowest BCUT2D eigenvalue weighted by Crippen LogP contribution is -3.05. The first-order valence-electron chi connectivity index (χ1n) is 8.48. The van der Waals surface area contributed by atoms with Crippen molar-refractivity contribution < 1.29 is 9.82 Å². The van der Waals surface area contributed by atoms with Crippen molar-refractivity contribution in [3.05, 3.63) is 10.1 Å². The van der Waals surface area contributed by atoms with Crippen molar-refractivity contribution in [3.8, 4) is 0 Å². The third-order valence-electron chi connectivity index (χ3n) is 4.29. The molecular weight excluding hydrogens is 310 g/mol. The lowest BCUT2D eigenvalue weighted by atomic mass is 9.99. The van der Waals surface area contributed by atoms with Gasteiger partial charge in [0.2, 0.25) is 17.6 Å². The second-order valence-electron chi connectivity index (χ2n) is 6.77. The summed E-state index contributed by atoms with van der Waals surface area (Å²) in [6.07, 6.45) is 2.95. The molecule has 1 saturated heterocycles. The number of nitro groups is 1. The Balaban J connectivity index is 2.17. The number of piperidine rings is 1. The van der Waals surface area contributed by atoms with Gasteiger partial charge in [0, 0.05) is 26.1 Å². The van der Waals surface area contributed by atoms with Crippen LogP contribution in [0.25, 0.3) is 0 Å². The highest BCUT2D eigenvalue weighted by Crippen LogP contribution is 2.34. The molecule has 24 heavy (non-hydrogen) atoms. The van der Waals surface area contributed by atoms with Gasteiger partial charge in [-0.05, 0) is 18.8 Å². The van der Waals surface area contributed by atoms with Gasteiger partial charge in [0.1, 0.15) is 0 Å². The van der Waals surface area contributed by atoms with Gasteiger partial charge in [0.15, 0.2) is 0 Å². The zero-order chi connectivity index (χ0) is 17.7. The highest BCUT2D eigenvalue weighted by atomic mass is 16.6. The minimum absolute atomic E-state index is 0.0793. The summed E-state index contributed by atoms with van der Waals surface area (Å²) >= 11 is 0. The van der Waals surface area contributed by atoms with E-state index in [-0.39, 0.29) is 11.5 Å². The molecule has 0 atom stereocenters. The van der Waals surface area contributed by atoms with Gasteiger partial charge < -0.3 is 20.9 Å².